The molecule has 18 heteroatoms. The van der Waals surface area contributed by atoms with E-state index in [1.54, 1.807) is 24.4 Å². The number of carboxylic acid groups (broad SMARTS) is 4. The number of aromatic carboxylic acids is 2. The van der Waals surface area contributed by atoms with Crippen molar-refractivity contribution in [3.8, 4) is 5.75 Å². The third-order valence-electron chi connectivity index (χ3n) is 7.32. The highest BCUT2D eigenvalue weighted by atomic mass is 16.6. The molecule has 45 heavy (non-hydrogen) atoms. The molecule has 2 aliphatic heterocycles. The van der Waals surface area contributed by atoms with Crippen LogP contribution < -0.4 is 15.3 Å². The second-order valence-electron chi connectivity index (χ2n) is 10.7. The van der Waals surface area contributed by atoms with Gasteiger partial charge in [0.1, 0.15) is 11.6 Å². The van der Waals surface area contributed by atoms with Crippen LogP contribution >= 0.6 is 0 Å². The highest BCUT2D eigenvalue weighted by molar-refractivity contribution is 6.48. The van der Waals surface area contributed by atoms with E-state index >= 15 is 0 Å². The summed E-state index contributed by atoms with van der Waals surface area (Å²) < 4.78 is 17.2. The number of amides is 1. The summed E-state index contributed by atoms with van der Waals surface area (Å²) in [5.41, 5.74) is -1.52. The number of hydrogen-bond donors (Lipinski definition) is 7. The van der Waals surface area contributed by atoms with Crippen LogP contribution in [0.15, 0.2) is 36.5 Å². The van der Waals surface area contributed by atoms with E-state index in [4.69, 9.17) is 19.1 Å². The molecular formula is C27H31B2N3O13. The third-order valence-corrected chi connectivity index (χ3v) is 7.32. The molecule has 2 fully saturated rings. The molecule has 0 spiro atoms. The van der Waals surface area contributed by atoms with Gasteiger partial charge in [0, 0.05) is 6.20 Å². The van der Waals surface area contributed by atoms with Crippen LogP contribution in [0.3, 0.4) is 0 Å². The minimum atomic E-state index is -1.61. The van der Waals surface area contributed by atoms with Gasteiger partial charge in [0.2, 0.25) is 5.91 Å². The van der Waals surface area contributed by atoms with E-state index in [1.807, 2.05) is 0 Å². The second-order valence-corrected chi connectivity index (χ2v) is 10.7. The molecule has 7 N–H and O–H groups in total. The fraction of sp³-hybridized carbons (Fsp3) is 0.407. The molecule has 0 aliphatic carbocycles. The number of carbonyl (C=O) groups is 5. The van der Waals surface area contributed by atoms with Gasteiger partial charge < -0.3 is 50.0 Å². The minimum Gasteiger partial charge on any atom is -0.535 e. The molecule has 1 aromatic carbocycles. The highest BCUT2D eigenvalue weighted by Crippen LogP contribution is 2.29. The molecule has 0 unspecified atom stereocenters. The maximum atomic E-state index is 13.0. The van der Waals surface area contributed by atoms with Crippen molar-refractivity contribution in [2.75, 3.05) is 5.32 Å². The Morgan fingerprint density at radius 1 is 0.889 bits per heavy atom. The zero-order valence-electron chi connectivity index (χ0n) is 23.8. The predicted octanol–water partition coefficient (Wildman–Crippen LogP) is 0.719. The Labute approximate surface area is 257 Å². The molecule has 0 bridgehead atoms. The van der Waals surface area contributed by atoms with Gasteiger partial charge >= 0.3 is 38.1 Å². The number of anilines is 1. The Hall–Kier alpha value is -4.67. The van der Waals surface area contributed by atoms with Crippen LogP contribution in [0.1, 0.15) is 64.8 Å². The first-order valence-corrected chi connectivity index (χ1v) is 14.1. The molecule has 16 nitrogen and oxygen atoms in total. The lowest BCUT2D eigenvalue weighted by atomic mass is 9.71. The number of aliphatic carboxylic acids is 2. The van der Waals surface area contributed by atoms with Crippen LogP contribution in [0, 0.1) is 0 Å². The normalized spacial score (nSPS) is 21.4. The average molecular weight is 627 g/mol. The average Bonchev–Trinajstić information content (AvgIpc) is 2.95. The van der Waals surface area contributed by atoms with Gasteiger partial charge in [-0.25, -0.2) is 14.6 Å². The van der Waals surface area contributed by atoms with E-state index in [2.05, 4.69) is 15.6 Å². The fourth-order valence-electron chi connectivity index (χ4n) is 5.31. The summed E-state index contributed by atoms with van der Waals surface area (Å²) in [4.78, 5) is 63.8. The van der Waals surface area contributed by atoms with Crippen LogP contribution in [0.4, 0.5) is 5.82 Å². The standard InChI is InChI=1S/C27H31B2N3O13/c33-22(32-19-6-4-15(12-23(34)35)43-28(19)42)10-14-9-17(11-18(26(38)39)25(14)27(40)41)45-29-20(31-21-3-1-2-8-30-21)7-5-16(44-29)13-24(36)37/h1-3,8-9,11,15-16,19-20,42H,4-7,10,12-13H2,(H,30,31)(H,32,33)(H,34,35)(H,36,37)(H,38,39)(H,40,41)/t15-,16-,19-,20-/m0/s1. The van der Waals surface area contributed by atoms with E-state index < -0.39 is 85.7 Å². The lowest BCUT2D eigenvalue weighted by molar-refractivity contribution is -0.140. The Morgan fingerprint density at radius 3 is 2.13 bits per heavy atom. The summed E-state index contributed by atoms with van der Waals surface area (Å²) in [5, 5.41) is 53.9. The molecule has 2 aliphatic rings. The predicted molar refractivity (Wildman–Crippen MR) is 155 cm³/mol. The molecule has 238 valence electrons. The summed E-state index contributed by atoms with van der Waals surface area (Å²) in [6.07, 6.45) is 0.00634. The van der Waals surface area contributed by atoms with Crippen LogP contribution in [0.2, 0.25) is 0 Å². The lowest BCUT2D eigenvalue weighted by Gasteiger charge is -2.33. The number of aromatic nitrogens is 1. The van der Waals surface area contributed by atoms with Gasteiger partial charge in [0.15, 0.2) is 0 Å². The Morgan fingerprint density at radius 2 is 1.56 bits per heavy atom. The molecule has 2 aromatic rings. The van der Waals surface area contributed by atoms with Crippen molar-refractivity contribution in [2.24, 2.45) is 0 Å². The molecule has 2 saturated heterocycles. The smallest absolute Gasteiger partial charge is 0.535 e. The molecule has 3 heterocycles. The summed E-state index contributed by atoms with van der Waals surface area (Å²) in [6, 6.07) is 7.33. The molecule has 4 rings (SSSR count). The summed E-state index contributed by atoms with van der Waals surface area (Å²) in [7, 11) is -2.67. The van der Waals surface area contributed by atoms with Gasteiger partial charge in [-0.15, -0.1) is 0 Å². The first kappa shape index (κ1) is 33.2. The minimum absolute atomic E-state index is 0.147. The van der Waals surface area contributed by atoms with Crippen LogP contribution in [-0.4, -0.2) is 98.5 Å². The number of nitrogens with one attached hydrogen (secondary N) is 2. The second kappa shape index (κ2) is 14.9. The van der Waals surface area contributed by atoms with Crippen LogP contribution in [0.5, 0.6) is 5.75 Å². The summed E-state index contributed by atoms with van der Waals surface area (Å²) >= 11 is 0. The first-order chi connectivity index (χ1) is 21.4. The lowest BCUT2D eigenvalue weighted by Crippen LogP contribution is -2.53. The van der Waals surface area contributed by atoms with Crippen molar-refractivity contribution in [3.63, 3.8) is 0 Å². The van der Waals surface area contributed by atoms with Gasteiger partial charge in [-0.05, 0) is 55.5 Å². The molecule has 0 radical (unpaired) electrons. The van der Waals surface area contributed by atoms with Gasteiger partial charge in [-0.2, -0.15) is 0 Å². The highest BCUT2D eigenvalue weighted by Gasteiger charge is 2.41. The Bertz CT molecular complexity index is 1430. The monoisotopic (exact) mass is 627 g/mol. The van der Waals surface area contributed by atoms with Crippen LogP contribution in [0.25, 0.3) is 0 Å². The van der Waals surface area contributed by atoms with Gasteiger partial charge in [0.25, 0.3) is 0 Å². The number of carbonyl (C=O) groups excluding carboxylic acids is 1. The van der Waals surface area contributed by atoms with E-state index in [9.17, 15) is 44.3 Å². The Kier molecular flexibility index (Phi) is 11.0. The quantitative estimate of drug-likeness (QED) is 0.151. The summed E-state index contributed by atoms with van der Waals surface area (Å²) in [5.74, 6) is -7.33. The van der Waals surface area contributed by atoms with Gasteiger partial charge in [-0.1, -0.05) is 6.07 Å². The maximum absolute atomic E-state index is 13.0. The SMILES string of the molecule is O=C(O)C[C@@H]1CC[C@H](NC(=O)Cc2cc(OB3O[C@H](CC(=O)O)CC[C@@H]3Nc3ccccn3)cc(C(=O)O)c2C(=O)O)B(O)O1. The topological polar surface area (TPSA) is 251 Å². The van der Waals surface area contributed by atoms with E-state index in [0.29, 0.717) is 18.7 Å². The molecule has 0 saturated carbocycles. The Balaban J connectivity index is 1.57. The van der Waals surface area contributed by atoms with Gasteiger partial charge in [-0.3, -0.25) is 14.4 Å². The third kappa shape index (κ3) is 9.17. The number of rotatable bonds is 13. The number of benzene rings is 1. The van der Waals surface area contributed by atoms with Crippen molar-refractivity contribution in [3.05, 3.63) is 53.2 Å². The van der Waals surface area contributed by atoms with Crippen molar-refractivity contribution in [1.82, 2.24) is 10.3 Å². The fourth-order valence-corrected chi connectivity index (χ4v) is 5.31. The van der Waals surface area contributed by atoms with Crippen molar-refractivity contribution in [1.29, 1.82) is 0 Å². The van der Waals surface area contributed by atoms with Crippen LogP contribution in [-0.2, 0) is 30.1 Å². The van der Waals surface area contributed by atoms with E-state index in [0.717, 1.165) is 6.07 Å². The molecular weight excluding hydrogens is 596 g/mol. The largest absolute Gasteiger partial charge is 0.549 e. The van der Waals surface area contributed by atoms with Gasteiger partial charge in [0.05, 0.1) is 54.5 Å². The number of nitrogens with zero attached hydrogens (tertiary/aromatic N) is 1. The number of carboxylic acids is 4. The van der Waals surface area contributed by atoms with E-state index in [-0.39, 0.29) is 37.0 Å². The van der Waals surface area contributed by atoms with Crippen molar-refractivity contribution >= 4 is 49.8 Å². The zero-order valence-corrected chi connectivity index (χ0v) is 23.8. The van der Waals surface area contributed by atoms with Crippen molar-refractivity contribution < 1.29 is 63.4 Å². The summed E-state index contributed by atoms with van der Waals surface area (Å²) in [6.45, 7) is 0. The maximum Gasteiger partial charge on any atom is 0.549 e. The molecule has 1 aromatic heterocycles. The first-order valence-electron chi connectivity index (χ1n) is 14.1. The number of pyridine rings is 1. The molecule has 1 amide bonds. The van der Waals surface area contributed by atoms with Crippen molar-refractivity contribution in [2.45, 2.75) is 69.0 Å². The van der Waals surface area contributed by atoms with E-state index in [1.165, 1.54) is 6.07 Å². The number of hydrogen-bond acceptors (Lipinski definition) is 11. The zero-order chi connectivity index (χ0) is 32.7. The molecule has 4 atom stereocenters.